The van der Waals surface area contributed by atoms with Crippen molar-refractivity contribution < 1.29 is 27.8 Å². The van der Waals surface area contributed by atoms with Gasteiger partial charge in [0.05, 0.1) is 11.0 Å². The predicted octanol–water partition coefficient (Wildman–Crippen LogP) is 2.39. The van der Waals surface area contributed by atoms with E-state index in [1.165, 1.54) is 12.1 Å². The molecule has 0 radical (unpaired) electrons. The predicted molar refractivity (Wildman–Crippen MR) is 93.7 cm³/mol. The van der Waals surface area contributed by atoms with Crippen LogP contribution in [0.25, 0.3) is 0 Å². The quantitative estimate of drug-likeness (QED) is 0.732. The molecule has 27 heavy (non-hydrogen) atoms. The van der Waals surface area contributed by atoms with E-state index in [1.807, 2.05) is 19.0 Å². The summed E-state index contributed by atoms with van der Waals surface area (Å²) in [6.45, 7) is -1.56. The molecule has 8 heteroatoms. The molecule has 1 unspecified atom stereocenters. The largest absolute Gasteiger partial charge is 0.461 e. The van der Waals surface area contributed by atoms with Crippen molar-refractivity contribution in [3.05, 3.63) is 29.8 Å². The van der Waals surface area contributed by atoms with Gasteiger partial charge < -0.3 is 19.3 Å². The Balaban J connectivity index is 1.66. The number of para-hydroxylation sites is 1. The monoisotopic (exact) mass is 382 g/mol. The molecule has 1 aromatic rings. The number of likely N-dealkylation sites (tertiary alicyclic amines) is 1. The van der Waals surface area contributed by atoms with Gasteiger partial charge in [-0.2, -0.15) is 8.78 Å². The van der Waals surface area contributed by atoms with Gasteiger partial charge in [-0.05, 0) is 39.1 Å². The number of nitrogens with zero attached hydrogens (tertiary/aromatic N) is 2. The summed E-state index contributed by atoms with van der Waals surface area (Å²) < 4.78 is 35.1. The lowest BCUT2D eigenvalue weighted by Gasteiger charge is -2.36. The highest BCUT2D eigenvalue weighted by molar-refractivity contribution is 5.97. The smallest absolute Gasteiger partial charge is 0.387 e. The number of hydrogen-bond acceptors (Lipinski definition) is 5. The zero-order chi connectivity index (χ0) is 19.6. The van der Waals surface area contributed by atoms with Crippen LogP contribution < -0.4 is 4.74 Å². The Morgan fingerprint density at radius 2 is 2.00 bits per heavy atom. The van der Waals surface area contributed by atoms with Crippen LogP contribution in [0.15, 0.2) is 24.3 Å². The molecule has 0 saturated carbocycles. The standard InChI is InChI=1S/C19H24F2N2O4/c1-22(2)12-13-11-19(17(25)26-13)7-9-23(10-8-19)16(24)14-5-3-4-6-15(14)27-18(20)21/h3-6,13,18H,7-12H2,1-2H3. The zero-order valence-corrected chi connectivity index (χ0v) is 15.5. The fraction of sp³-hybridized carbons (Fsp3) is 0.579. The first-order valence-electron chi connectivity index (χ1n) is 9.00. The maximum atomic E-state index is 12.8. The second-order valence-electron chi connectivity index (χ2n) is 7.44. The fourth-order valence-corrected chi connectivity index (χ4v) is 3.90. The topological polar surface area (TPSA) is 59.1 Å². The third-order valence-corrected chi connectivity index (χ3v) is 5.24. The van der Waals surface area contributed by atoms with Gasteiger partial charge in [-0.3, -0.25) is 9.59 Å². The maximum absolute atomic E-state index is 12.8. The molecule has 2 aliphatic heterocycles. The van der Waals surface area contributed by atoms with Crippen molar-refractivity contribution in [2.45, 2.75) is 32.0 Å². The number of halogens is 2. The van der Waals surface area contributed by atoms with E-state index in [1.54, 1.807) is 17.0 Å². The van der Waals surface area contributed by atoms with Crippen LogP contribution >= 0.6 is 0 Å². The Hall–Kier alpha value is -2.22. The second kappa shape index (κ2) is 7.80. The van der Waals surface area contributed by atoms with Crippen LogP contribution in [0, 0.1) is 5.41 Å². The third-order valence-electron chi connectivity index (χ3n) is 5.24. The van der Waals surface area contributed by atoms with Crippen molar-refractivity contribution in [3.63, 3.8) is 0 Å². The number of carbonyl (C=O) groups excluding carboxylic acids is 2. The average molecular weight is 382 g/mol. The number of rotatable bonds is 5. The van der Waals surface area contributed by atoms with Crippen LogP contribution in [0.2, 0.25) is 0 Å². The van der Waals surface area contributed by atoms with Crippen molar-refractivity contribution in [1.29, 1.82) is 0 Å². The minimum atomic E-state index is -2.99. The van der Waals surface area contributed by atoms with Gasteiger partial charge in [-0.1, -0.05) is 12.1 Å². The Morgan fingerprint density at radius 3 is 2.63 bits per heavy atom. The van der Waals surface area contributed by atoms with Crippen LogP contribution in [0.4, 0.5) is 8.78 Å². The van der Waals surface area contributed by atoms with Gasteiger partial charge in [0.15, 0.2) is 0 Å². The molecule has 1 aromatic carbocycles. The lowest BCUT2D eigenvalue weighted by molar-refractivity contribution is -0.150. The highest BCUT2D eigenvalue weighted by Crippen LogP contribution is 2.43. The van der Waals surface area contributed by atoms with Crippen LogP contribution in [-0.2, 0) is 9.53 Å². The summed E-state index contributed by atoms with van der Waals surface area (Å²) in [7, 11) is 3.86. The Bertz CT molecular complexity index is 703. The van der Waals surface area contributed by atoms with E-state index < -0.39 is 12.0 Å². The fourth-order valence-electron chi connectivity index (χ4n) is 3.90. The number of hydrogen-bond donors (Lipinski definition) is 0. The molecule has 148 valence electrons. The molecule has 0 N–H and O–H groups in total. The Morgan fingerprint density at radius 1 is 1.33 bits per heavy atom. The van der Waals surface area contributed by atoms with Gasteiger partial charge in [0, 0.05) is 26.1 Å². The first-order chi connectivity index (χ1) is 12.8. The van der Waals surface area contributed by atoms with E-state index in [2.05, 4.69) is 4.74 Å². The number of piperidine rings is 1. The normalized spacial score (nSPS) is 21.8. The Kier molecular flexibility index (Phi) is 5.64. The highest BCUT2D eigenvalue weighted by atomic mass is 19.3. The Labute approximate surface area is 157 Å². The van der Waals surface area contributed by atoms with E-state index >= 15 is 0 Å². The highest BCUT2D eigenvalue weighted by Gasteiger charge is 2.50. The summed E-state index contributed by atoms with van der Waals surface area (Å²) in [5.74, 6) is -0.690. The number of benzene rings is 1. The number of cyclic esters (lactones) is 1. The molecule has 2 saturated heterocycles. The van der Waals surface area contributed by atoms with Gasteiger partial charge in [0.1, 0.15) is 11.9 Å². The van der Waals surface area contributed by atoms with Crippen molar-refractivity contribution >= 4 is 11.9 Å². The molecule has 3 rings (SSSR count). The van der Waals surface area contributed by atoms with E-state index in [0.717, 1.165) is 0 Å². The number of alkyl halides is 2. The number of carbonyl (C=O) groups is 2. The first kappa shape index (κ1) is 19.5. The second-order valence-corrected chi connectivity index (χ2v) is 7.44. The average Bonchev–Trinajstić information content (AvgIpc) is 2.89. The van der Waals surface area contributed by atoms with E-state index in [4.69, 9.17) is 4.74 Å². The summed E-state index contributed by atoms with van der Waals surface area (Å²) in [6.07, 6.45) is 1.55. The molecule has 6 nitrogen and oxygen atoms in total. The summed E-state index contributed by atoms with van der Waals surface area (Å²) in [5.41, 5.74) is -0.440. The molecule has 2 fully saturated rings. The third kappa shape index (κ3) is 4.21. The maximum Gasteiger partial charge on any atom is 0.387 e. The van der Waals surface area contributed by atoms with Gasteiger partial charge in [0.25, 0.3) is 5.91 Å². The molecule has 2 heterocycles. The number of likely N-dealkylation sites (N-methyl/N-ethyl adjacent to an activating group) is 1. The SMILES string of the molecule is CN(C)CC1CC2(CCN(C(=O)c3ccccc3OC(F)F)CC2)C(=O)O1. The number of ether oxygens (including phenoxy) is 2. The van der Waals surface area contributed by atoms with Crippen molar-refractivity contribution in [1.82, 2.24) is 9.80 Å². The van der Waals surface area contributed by atoms with Crippen LogP contribution in [0.5, 0.6) is 5.75 Å². The summed E-state index contributed by atoms with van der Waals surface area (Å²) >= 11 is 0. The first-order valence-corrected chi connectivity index (χ1v) is 9.00. The molecule has 1 amide bonds. The van der Waals surface area contributed by atoms with Crippen LogP contribution in [0.3, 0.4) is 0 Å². The van der Waals surface area contributed by atoms with E-state index in [-0.39, 0.29) is 29.3 Å². The number of esters is 1. The van der Waals surface area contributed by atoms with Crippen molar-refractivity contribution in [2.75, 3.05) is 33.7 Å². The summed E-state index contributed by atoms with van der Waals surface area (Å²) in [5, 5.41) is 0. The molecule has 1 spiro atoms. The molecule has 2 aliphatic rings. The molecular formula is C19H24F2N2O4. The minimum absolute atomic E-state index is 0.105. The lowest BCUT2D eigenvalue weighted by Crippen LogP contribution is -2.45. The molecular weight excluding hydrogens is 358 g/mol. The van der Waals surface area contributed by atoms with Crippen molar-refractivity contribution in [3.8, 4) is 5.75 Å². The minimum Gasteiger partial charge on any atom is -0.461 e. The van der Waals surface area contributed by atoms with Gasteiger partial charge >= 0.3 is 12.6 Å². The van der Waals surface area contributed by atoms with E-state index in [9.17, 15) is 18.4 Å². The molecule has 0 bridgehead atoms. The van der Waals surface area contributed by atoms with Crippen LogP contribution in [-0.4, -0.2) is 68.1 Å². The molecule has 0 aromatic heterocycles. The summed E-state index contributed by atoms with van der Waals surface area (Å²) in [4.78, 5) is 28.8. The number of amides is 1. The van der Waals surface area contributed by atoms with Crippen molar-refractivity contribution in [2.24, 2.45) is 5.41 Å². The van der Waals surface area contributed by atoms with Gasteiger partial charge in [-0.25, -0.2) is 0 Å². The van der Waals surface area contributed by atoms with Crippen LogP contribution in [0.1, 0.15) is 29.6 Å². The van der Waals surface area contributed by atoms with Gasteiger partial charge in [0.2, 0.25) is 0 Å². The summed E-state index contributed by atoms with van der Waals surface area (Å²) in [6, 6.07) is 5.97. The van der Waals surface area contributed by atoms with Gasteiger partial charge in [-0.15, -0.1) is 0 Å². The zero-order valence-electron chi connectivity index (χ0n) is 15.5. The lowest BCUT2D eigenvalue weighted by atomic mass is 9.76. The molecule has 1 atom stereocenters. The van der Waals surface area contributed by atoms with E-state index in [0.29, 0.717) is 38.9 Å². The molecule has 0 aliphatic carbocycles.